The van der Waals surface area contributed by atoms with E-state index in [-0.39, 0.29) is 23.3 Å². The van der Waals surface area contributed by atoms with Gasteiger partial charge >= 0.3 is 22.3 Å². The van der Waals surface area contributed by atoms with Crippen molar-refractivity contribution in [1.29, 1.82) is 0 Å². The maximum Gasteiger partial charge on any atom is 0.352 e. The summed E-state index contributed by atoms with van der Waals surface area (Å²) >= 11 is 5.73. The minimum absolute atomic E-state index is 0.00569. The Labute approximate surface area is 165 Å². The summed E-state index contributed by atoms with van der Waals surface area (Å²) in [5.74, 6) is 0. The van der Waals surface area contributed by atoms with E-state index in [1.165, 1.54) is 10.9 Å². The molecule has 11 nitrogen and oxygen atoms in total. The Hall–Kier alpha value is -3.12. The number of halogens is 1. The lowest BCUT2D eigenvalue weighted by molar-refractivity contribution is 0.226. The molecular formula is C15H17ClN6O5S. The number of benzene rings is 1. The van der Waals surface area contributed by atoms with Crippen molar-refractivity contribution < 1.29 is 17.9 Å². The zero-order valence-corrected chi connectivity index (χ0v) is 16.4. The topological polar surface area (TPSA) is 149 Å². The van der Waals surface area contributed by atoms with Gasteiger partial charge in [0.05, 0.1) is 24.2 Å². The fourth-order valence-corrected chi connectivity index (χ4v) is 2.68. The molecule has 0 atom stereocenters. The standard InChI is InChI=1S/C10H8ClN3O.C5H9N3O4S/c11-9-8(12)6-13-14(10(9)15)7-4-2-1-3-5-7;1-3-12-4-6-5(9)8(2)13(10,11)7-4/h1-6H,12H2;3H2,1-2H3,(H,6,7,9). The van der Waals surface area contributed by atoms with Crippen LogP contribution in [0.25, 0.3) is 5.69 Å². The number of aromatic nitrogens is 2. The third-order valence-electron chi connectivity index (χ3n) is 3.27. The molecule has 1 aliphatic heterocycles. The molecule has 28 heavy (non-hydrogen) atoms. The summed E-state index contributed by atoms with van der Waals surface area (Å²) in [6.45, 7) is 1.89. The number of anilines is 1. The number of nitrogens with zero attached hydrogens (tertiary/aromatic N) is 4. The van der Waals surface area contributed by atoms with Gasteiger partial charge in [-0.1, -0.05) is 34.2 Å². The van der Waals surface area contributed by atoms with Crippen LogP contribution in [0.2, 0.25) is 5.02 Å². The van der Waals surface area contributed by atoms with Crippen LogP contribution in [-0.2, 0) is 14.9 Å². The number of para-hydroxylation sites is 1. The number of rotatable bonds is 2. The van der Waals surface area contributed by atoms with Gasteiger partial charge in [0.25, 0.3) is 5.56 Å². The predicted molar refractivity (Wildman–Crippen MR) is 104 cm³/mol. The molecule has 13 heteroatoms. The molecule has 0 radical (unpaired) electrons. The van der Waals surface area contributed by atoms with Gasteiger partial charge < -0.3 is 10.5 Å². The van der Waals surface area contributed by atoms with Gasteiger partial charge in [0.1, 0.15) is 5.02 Å². The van der Waals surface area contributed by atoms with Crippen LogP contribution in [0.4, 0.5) is 10.5 Å². The first-order chi connectivity index (χ1) is 13.2. The fourth-order valence-electron chi connectivity index (χ4n) is 1.86. The Balaban J connectivity index is 0.000000203. The maximum atomic E-state index is 11.7. The van der Waals surface area contributed by atoms with E-state index in [0.29, 0.717) is 9.99 Å². The van der Waals surface area contributed by atoms with Crippen molar-refractivity contribution in [3.63, 3.8) is 0 Å². The van der Waals surface area contributed by atoms with Crippen molar-refractivity contribution in [3.05, 3.63) is 51.9 Å². The maximum absolute atomic E-state index is 11.7. The molecule has 1 aromatic heterocycles. The highest BCUT2D eigenvalue weighted by molar-refractivity contribution is 7.88. The van der Waals surface area contributed by atoms with Crippen LogP contribution >= 0.6 is 11.6 Å². The number of nitrogens with two attached hydrogens (primary N) is 1. The fraction of sp³-hybridized carbons (Fsp3) is 0.200. The quantitative estimate of drug-likeness (QED) is 0.716. The van der Waals surface area contributed by atoms with Gasteiger partial charge in [-0.3, -0.25) is 10.1 Å². The molecule has 0 spiro atoms. The number of nitrogens with one attached hydrogen (secondary N) is 1. The van der Waals surface area contributed by atoms with Crippen molar-refractivity contribution in [2.45, 2.75) is 6.92 Å². The Bertz CT molecular complexity index is 1050. The van der Waals surface area contributed by atoms with Crippen LogP contribution in [0.1, 0.15) is 6.92 Å². The van der Waals surface area contributed by atoms with Crippen molar-refractivity contribution in [3.8, 4) is 5.69 Å². The van der Waals surface area contributed by atoms with E-state index in [2.05, 4.69) is 14.8 Å². The highest BCUT2D eigenvalue weighted by Crippen LogP contribution is 2.12. The van der Waals surface area contributed by atoms with Crippen LogP contribution in [-0.4, -0.2) is 48.2 Å². The summed E-state index contributed by atoms with van der Waals surface area (Å²) in [5, 5.41) is 6.06. The van der Waals surface area contributed by atoms with Gasteiger partial charge in [-0.2, -0.15) is 18.2 Å². The molecule has 0 unspecified atom stereocenters. The minimum atomic E-state index is -3.90. The summed E-state index contributed by atoms with van der Waals surface area (Å²) in [6, 6.07) is 7.94. The van der Waals surface area contributed by atoms with Gasteiger partial charge in [-0.15, -0.1) is 0 Å². The Morgan fingerprint density at radius 1 is 1.25 bits per heavy atom. The first-order valence-corrected chi connectivity index (χ1v) is 9.56. The molecule has 1 aromatic carbocycles. The first-order valence-electron chi connectivity index (χ1n) is 7.78. The van der Waals surface area contributed by atoms with Gasteiger partial charge in [0.2, 0.25) is 0 Å². The second-order valence-corrected chi connectivity index (χ2v) is 7.18. The van der Waals surface area contributed by atoms with Crippen LogP contribution in [0.3, 0.4) is 0 Å². The molecule has 0 saturated carbocycles. The average Bonchev–Trinajstić information content (AvgIpc) is 2.65. The Kier molecular flexibility index (Phi) is 6.59. The van der Waals surface area contributed by atoms with E-state index >= 15 is 0 Å². The zero-order valence-electron chi connectivity index (χ0n) is 14.9. The van der Waals surface area contributed by atoms with Crippen molar-refractivity contribution >= 4 is 39.6 Å². The molecule has 3 rings (SSSR count). The van der Waals surface area contributed by atoms with E-state index in [1.54, 1.807) is 19.1 Å². The van der Waals surface area contributed by atoms with Gasteiger partial charge in [0.15, 0.2) is 0 Å². The summed E-state index contributed by atoms with van der Waals surface area (Å²) in [5.41, 5.74) is 5.89. The third-order valence-corrected chi connectivity index (χ3v) is 4.91. The number of amides is 2. The average molecular weight is 429 g/mol. The number of hydrogen-bond acceptors (Lipinski definition) is 7. The summed E-state index contributed by atoms with van der Waals surface area (Å²) in [7, 11) is -2.79. The highest BCUT2D eigenvalue weighted by atomic mass is 35.5. The van der Waals surface area contributed by atoms with Gasteiger partial charge in [-0.05, 0) is 19.1 Å². The minimum Gasteiger partial charge on any atom is -0.464 e. The van der Waals surface area contributed by atoms with Crippen molar-refractivity contribution in [2.24, 2.45) is 4.40 Å². The second kappa shape index (κ2) is 8.71. The van der Waals surface area contributed by atoms with Crippen molar-refractivity contribution in [1.82, 2.24) is 19.4 Å². The molecule has 0 aliphatic carbocycles. The number of urea groups is 1. The van der Waals surface area contributed by atoms with E-state index in [9.17, 15) is 18.0 Å². The second-order valence-electron chi connectivity index (χ2n) is 5.17. The normalized spacial score (nSPS) is 15.0. The zero-order chi connectivity index (χ0) is 20.9. The van der Waals surface area contributed by atoms with E-state index < -0.39 is 21.8 Å². The molecular weight excluding hydrogens is 412 g/mol. The van der Waals surface area contributed by atoms with E-state index in [0.717, 1.165) is 7.05 Å². The van der Waals surface area contributed by atoms with Crippen molar-refractivity contribution in [2.75, 3.05) is 19.4 Å². The van der Waals surface area contributed by atoms with Crippen LogP contribution < -0.4 is 16.6 Å². The summed E-state index contributed by atoms with van der Waals surface area (Å²) < 4.78 is 31.8. The smallest absolute Gasteiger partial charge is 0.352 e. The number of amidine groups is 1. The number of carbonyl (C=O) groups is 1. The predicted octanol–water partition coefficient (Wildman–Crippen LogP) is 0.747. The molecule has 2 heterocycles. The lowest BCUT2D eigenvalue weighted by Crippen LogP contribution is -2.48. The molecule has 3 N–H and O–H groups in total. The summed E-state index contributed by atoms with van der Waals surface area (Å²) in [6.07, 6.45) is 1.36. The van der Waals surface area contributed by atoms with E-state index in [1.807, 2.05) is 18.2 Å². The number of carbonyl (C=O) groups excluding carboxylic acids is 1. The third kappa shape index (κ3) is 4.78. The molecule has 0 fully saturated rings. The number of ether oxygens (including phenoxy) is 1. The molecule has 2 aromatic rings. The lowest BCUT2D eigenvalue weighted by atomic mass is 10.3. The Morgan fingerprint density at radius 3 is 2.46 bits per heavy atom. The van der Waals surface area contributed by atoms with E-state index in [4.69, 9.17) is 22.1 Å². The van der Waals surface area contributed by atoms with Gasteiger partial charge in [-0.25, -0.2) is 9.10 Å². The lowest BCUT2D eigenvalue weighted by Gasteiger charge is -2.20. The first kappa shape index (κ1) is 21.2. The largest absolute Gasteiger partial charge is 0.464 e. The highest BCUT2D eigenvalue weighted by Gasteiger charge is 2.30. The molecule has 2 amide bonds. The SMILES string of the molecule is CCOC1=NS(=O)(=O)N(C)C(=O)N1.Nc1cnn(-c2ccccc2)c(=O)c1Cl. The molecule has 0 saturated heterocycles. The molecule has 1 aliphatic rings. The van der Waals surface area contributed by atoms with Crippen LogP contribution in [0.5, 0.6) is 0 Å². The number of nitrogen functional groups attached to an aromatic ring is 1. The monoisotopic (exact) mass is 428 g/mol. The Morgan fingerprint density at radius 2 is 1.89 bits per heavy atom. The number of hydrogen-bond donors (Lipinski definition) is 2. The van der Waals surface area contributed by atoms with Gasteiger partial charge in [0, 0.05) is 7.05 Å². The van der Waals surface area contributed by atoms with Crippen LogP contribution in [0.15, 0.2) is 45.7 Å². The summed E-state index contributed by atoms with van der Waals surface area (Å²) in [4.78, 5) is 22.6. The molecule has 0 bridgehead atoms. The van der Waals surface area contributed by atoms with Crippen LogP contribution in [0, 0.1) is 0 Å². The molecule has 150 valence electrons.